The van der Waals surface area contributed by atoms with E-state index in [2.05, 4.69) is 116 Å². The van der Waals surface area contributed by atoms with Gasteiger partial charge in [-0.05, 0) is 83.5 Å². The Kier molecular flexibility index (Phi) is 56.7. The zero-order chi connectivity index (χ0) is 57.0. The van der Waals surface area contributed by atoms with Crippen LogP contribution in [0.15, 0.2) is 109 Å². The molecule has 0 aliphatic rings. The second kappa shape index (κ2) is 58.8. The molecule has 1 amide bonds. The number of unbranched alkanes of at least 4 members (excludes halogenated alkanes) is 29. The standard InChI is InChI=1S/C69H123N2O6P/c1-6-8-10-12-14-16-18-20-22-24-26-28-30-32-33-34-35-36-37-39-41-43-45-47-49-51-53-55-57-59-61-63-69(73)70-67(66-77-78(74,75)76-65-64-71(3,4)5)68(72)62-60-58-56-54-52-50-48-46-44-42-40-38-31-29-27-25-23-21-19-17-15-13-11-9-7-2/h8,10,14,16,20,22,26,28,32-33,35-36,39,41,45,47,60,62,67-68,72H,6-7,9,11-13,15,17-19,21,23-25,27,29-31,34,37-38,40,42-44,46,48-59,61,63-66H2,1-5H3,(H-,70,73,74,75)/b10-8-,16-14-,22-20-,28-26-,33-32-,36-35-,41-39-,47-45-,62-60+. The molecule has 0 rings (SSSR count). The highest BCUT2D eigenvalue weighted by molar-refractivity contribution is 7.45. The van der Waals surface area contributed by atoms with Crippen molar-refractivity contribution in [3.63, 3.8) is 0 Å². The van der Waals surface area contributed by atoms with Crippen molar-refractivity contribution in [1.82, 2.24) is 5.32 Å². The number of hydrogen-bond acceptors (Lipinski definition) is 6. The highest BCUT2D eigenvalue weighted by atomic mass is 31.2. The number of quaternary nitrogens is 1. The number of phosphoric ester groups is 1. The summed E-state index contributed by atoms with van der Waals surface area (Å²) in [5.41, 5.74) is 0. The number of amides is 1. The van der Waals surface area contributed by atoms with Crippen LogP contribution in [0.1, 0.15) is 271 Å². The predicted molar refractivity (Wildman–Crippen MR) is 339 cm³/mol. The van der Waals surface area contributed by atoms with Gasteiger partial charge in [0, 0.05) is 6.42 Å². The van der Waals surface area contributed by atoms with E-state index in [1.54, 1.807) is 6.08 Å². The molecule has 0 heterocycles. The molecule has 0 aromatic heterocycles. The maximum Gasteiger partial charge on any atom is 0.268 e. The Balaban J connectivity index is 4.23. The number of aliphatic hydroxyl groups excluding tert-OH is 1. The van der Waals surface area contributed by atoms with Crippen molar-refractivity contribution in [2.45, 2.75) is 283 Å². The van der Waals surface area contributed by atoms with E-state index < -0.39 is 26.6 Å². The SMILES string of the molecule is CC/C=C\C/C=C\C/C=C\C/C=C\C/C=C\C/C=C\C/C=C\C/C=C\CCCCCCCCC(=O)NC(COP(=O)([O-])OCC[N+](C)(C)C)C(O)/C=C/CCCCCCCCCCCCCCCCCCCCCCCCC. The number of allylic oxidation sites excluding steroid dienone is 17. The van der Waals surface area contributed by atoms with Gasteiger partial charge in [0.2, 0.25) is 5.91 Å². The summed E-state index contributed by atoms with van der Waals surface area (Å²) in [5, 5.41) is 13.9. The minimum atomic E-state index is -4.61. The van der Waals surface area contributed by atoms with Crippen molar-refractivity contribution in [2.75, 3.05) is 40.9 Å². The van der Waals surface area contributed by atoms with Crippen LogP contribution >= 0.6 is 7.82 Å². The first-order valence-electron chi connectivity index (χ1n) is 32.2. The first-order valence-corrected chi connectivity index (χ1v) is 33.7. The van der Waals surface area contributed by atoms with Gasteiger partial charge in [0.25, 0.3) is 7.82 Å². The smallest absolute Gasteiger partial charge is 0.268 e. The van der Waals surface area contributed by atoms with Crippen LogP contribution < -0.4 is 10.2 Å². The highest BCUT2D eigenvalue weighted by Gasteiger charge is 2.23. The average molecular weight is 1110 g/mol. The third kappa shape index (κ3) is 60.8. The minimum Gasteiger partial charge on any atom is -0.756 e. The van der Waals surface area contributed by atoms with Gasteiger partial charge in [-0.1, -0.05) is 290 Å². The van der Waals surface area contributed by atoms with Crippen LogP contribution in [0.4, 0.5) is 0 Å². The number of rotatable bonds is 58. The van der Waals surface area contributed by atoms with Gasteiger partial charge < -0.3 is 28.8 Å². The number of nitrogens with zero attached hydrogens (tertiary/aromatic N) is 1. The summed E-state index contributed by atoms with van der Waals surface area (Å²) < 4.78 is 23.4. The third-order valence-electron chi connectivity index (χ3n) is 14.0. The van der Waals surface area contributed by atoms with Crippen molar-refractivity contribution in [1.29, 1.82) is 0 Å². The molecule has 0 saturated heterocycles. The molecular formula is C69H123N2O6P. The number of carbonyl (C=O) groups excluding carboxylic acids is 1. The molecule has 2 N–H and O–H groups in total. The Morgan fingerprint density at radius 3 is 1.14 bits per heavy atom. The molecule has 0 saturated carbocycles. The fourth-order valence-corrected chi connectivity index (χ4v) is 9.72. The van der Waals surface area contributed by atoms with Crippen LogP contribution in [-0.2, 0) is 18.4 Å². The topological polar surface area (TPSA) is 108 Å². The molecule has 0 aliphatic carbocycles. The maximum atomic E-state index is 13.0. The second-order valence-electron chi connectivity index (χ2n) is 22.7. The lowest BCUT2D eigenvalue weighted by Crippen LogP contribution is -2.45. The number of aliphatic hydroxyl groups is 1. The monoisotopic (exact) mass is 1110 g/mol. The molecule has 0 fully saturated rings. The van der Waals surface area contributed by atoms with Crippen LogP contribution in [0.2, 0.25) is 0 Å². The molecule has 0 aromatic carbocycles. The maximum absolute atomic E-state index is 13.0. The fourth-order valence-electron chi connectivity index (χ4n) is 8.99. The number of nitrogens with one attached hydrogen (secondary N) is 1. The van der Waals surface area contributed by atoms with Gasteiger partial charge >= 0.3 is 0 Å². The summed E-state index contributed by atoms with van der Waals surface area (Å²) in [6, 6.07) is -0.904. The summed E-state index contributed by atoms with van der Waals surface area (Å²) in [5.74, 6) is -0.214. The van der Waals surface area contributed by atoms with E-state index in [9.17, 15) is 19.4 Å². The van der Waals surface area contributed by atoms with Crippen molar-refractivity contribution in [2.24, 2.45) is 0 Å². The summed E-state index contributed by atoms with van der Waals surface area (Å²) in [6.45, 7) is 4.54. The van der Waals surface area contributed by atoms with E-state index in [0.29, 0.717) is 17.4 Å². The summed E-state index contributed by atoms with van der Waals surface area (Å²) in [6.07, 6.45) is 86.1. The zero-order valence-corrected chi connectivity index (χ0v) is 52.2. The van der Waals surface area contributed by atoms with Crippen LogP contribution in [0, 0.1) is 0 Å². The lowest BCUT2D eigenvalue weighted by Gasteiger charge is -2.29. The van der Waals surface area contributed by atoms with Crippen LogP contribution in [0.25, 0.3) is 0 Å². The van der Waals surface area contributed by atoms with E-state index >= 15 is 0 Å². The Hall–Kier alpha value is -2.84. The van der Waals surface area contributed by atoms with Gasteiger partial charge in [-0.2, -0.15) is 0 Å². The Morgan fingerprint density at radius 1 is 0.462 bits per heavy atom. The molecule has 78 heavy (non-hydrogen) atoms. The molecule has 8 nitrogen and oxygen atoms in total. The van der Waals surface area contributed by atoms with Gasteiger partial charge in [-0.15, -0.1) is 0 Å². The van der Waals surface area contributed by atoms with Gasteiger partial charge in [-0.3, -0.25) is 9.36 Å². The highest BCUT2D eigenvalue weighted by Crippen LogP contribution is 2.38. The molecule has 0 aromatic rings. The Morgan fingerprint density at radius 2 is 0.782 bits per heavy atom. The molecule has 3 atom stereocenters. The lowest BCUT2D eigenvalue weighted by molar-refractivity contribution is -0.870. The Bertz CT molecular complexity index is 1640. The summed E-state index contributed by atoms with van der Waals surface area (Å²) >= 11 is 0. The van der Waals surface area contributed by atoms with Crippen molar-refractivity contribution >= 4 is 13.7 Å². The van der Waals surface area contributed by atoms with Crippen molar-refractivity contribution < 1.29 is 32.9 Å². The van der Waals surface area contributed by atoms with E-state index in [-0.39, 0.29) is 12.5 Å². The predicted octanol–water partition coefficient (Wildman–Crippen LogP) is 19.7. The zero-order valence-electron chi connectivity index (χ0n) is 51.3. The molecule has 0 spiro atoms. The Labute approximate surface area is 482 Å². The number of likely N-dealkylation sites (N-methyl/N-ethyl adjacent to an activating group) is 1. The summed E-state index contributed by atoms with van der Waals surface area (Å²) in [7, 11) is 1.24. The molecule has 0 radical (unpaired) electrons. The van der Waals surface area contributed by atoms with Crippen molar-refractivity contribution in [3.8, 4) is 0 Å². The van der Waals surface area contributed by atoms with Crippen LogP contribution in [0.5, 0.6) is 0 Å². The number of hydrogen-bond donors (Lipinski definition) is 2. The van der Waals surface area contributed by atoms with E-state index in [4.69, 9.17) is 9.05 Å². The molecule has 0 aliphatic heterocycles. The fraction of sp³-hybridized carbons (Fsp3) is 0.725. The normalized spacial score (nSPS) is 14.5. The van der Waals surface area contributed by atoms with Gasteiger partial charge in [0.05, 0.1) is 39.9 Å². The number of carbonyl (C=O) groups is 1. The quantitative estimate of drug-likeness (QED) is 0.0272. The largest absolute Gasteiger partial charge is 0.756 e. The minimum absolute atomic E-state index is 0.00946. The molecule has 3 unspecified atom stereocenters. The molecular weight excluding hydrogens is 984 g/mol. The second-order valence-corrected chi connectivity index (χ2v) is 24.1. The van der Waals surface area contributed by atoms with Crippen molar-refractivity contribution in [3.05, 3.63) is 109 Å². The molecule has 9 heteroatoms. The molecule has 0 bridgehead atoms. The number of phosphoric acid groups is 1. The van der Waals surface area contributed by atoms with E-state index in [1.807, 2.05) is 27.2 Å². The lowest BCUT2D eigenvalue weighted by atomic mass is 10.0. The molecule has 450 valence electrons. The van der Waals surface area contributed by atoms with Crippen LogP contribution in [0.3, 0.4) is 0 Å². The van der Waals surface area contributed by atoms with Gasteiger partial charge in [-0.25, -0.2) is 0 Å². The van der Waals surface area contributed by atoms with Gasteiger partial charge in [0.1, 0.15) is 13.2 Å². The third-order valence-corrected chi connectivity index (χ3v) is 15.0. The van der Waals surface area contributed by atoms with Crippen LogP contribution in [-0.4, -0.2) is 68.5 Å². The first-order chi connectivity index (χ1) is 38.0. The van der Waals surface area contributed by atoms with E-state index in [0.717, 1.165) is 109 Å². The first kappa shape index (κ1) is 75.2. The van der Waals surface area contributed by atoms with Gasteiger partial charge in [0.15, 0.2) is 0 Å². The summed E-state index contributed by atoms with van der Waals surface area (Å²) in [4.78, 5) is 25.6. The average Bonchev–Trinajstić information content (AvgIpc) is 3.41. The van der Waals surface area contributed by atoms with E-state index in [1.165, 1.54) is 141 Å².